The van der Waals surface area contributed by atoms with E-state index in [1.165, 1.54) is 11.3 Å². The highest BCUT2D eigenvalue weighted by atomic mass is 35.5. The number of hydrogen-bond donors (Lipinski definition) is 1. The highest BCUT2D eigenvalue weighted by Gasteiger charge is 2.22. The lowest BCUT2D eigenvalue weighted by Gasteiger charge is -2.23. The Hall–Kier alpha value is -1.23. The van der Waals surface area contributed by atoms with Crippen LogP contribution < -0.4 is 15.2 Å². The topological polar surface area (TPSA) is 44.5 Å². The van der Waals surface area contributed by atoms with Crippen LogP contribution in [0.25, 0.3) is 0 Å². The predicted octanol–water partition coefficient (Wildman–Crippen LogP) is 4.27. The van der Waals surface area contributed by atoms with E-state index < -0.39 is 0 Å². The number of rotatable bonds is 6. The first-order valence-electron chi connectivity index (χ1n) is 6.45. The monoisotopic (exact) mass is 311 g/mol. The minimum absolute atomic E-state index is 0.0871. The lowest BCUT2D eigenvalue weighted by molar-refractivity contribution is 0.174. The van der Waals surface area contributed by atoms with Gasteiger partial charge in [-0.3, -0.25) is 0 Å². The van der Waals surface area contributed by atoms with E-state index in [0.29, 0.717) is 0 Å². The van der Waals surface area contributed by atoms with Crippen LogP contribution in [0.4, 0.5) is 0 Å². The third-order valence-electron chi connectivity index (χ3n) is 3.04. The molecule has 0 bridgehead atoms. The molecule has 2 rings (SSSR count). The van der Waals surface area contributed by atoms with Gasteiger partial charge >= 0.3 is 0 Å². The molecule has 2 unspecified atom stereocenters. The Morgan fingerprint density at radius 1 is 1.25 bits per heavy atom. The SMILES string of the molecule is CCC(N)C(Oc1cccc(OC)c1)c1ccc(Cl)s1. The molecule has 3 nitrogen and oxygen atoms in total. The van der Waals surface area contributed by atoms with E-state index in [0.717, 1.165) is 27.1 Å². The summed E-state index contributed by atoms with van der Waals surface area (Å²) in [6, 6.07) is 11.3. The van der Waals surface area contributed by atoms with Crippen LogP contribution in [0.3, 0.4) is 0 Å². The van der Waals surface area contributed by atoms with Crippen LogP contribution in [-0.4, -0.2) is 13.2 Å². The van der Waals surface area contributed by atoms with Crippen molar-refractivity contribution in [3.05, 3.63) is 45.6 Å². The Labute approximate surface area is 128 Å². The maximum atomic E-state index is 6.18. The van der Waals surface area contributed by atoms with Crippen molar-refractivity contribution in [3.8, 4) is 11.5 Å². The van der Waals surface area contributed by atoms with Crippen molar-refractivity contribution in [2.24, 2.45) is 5.73 Å². The molecule has 0 aliphatic carbocycles. The lowest BCUT2D eigenvalue weighted by Crippen LogP contribution is -2.30. The number of hydrogen-bond acceptors (Lipinski definition) is 4. The second-order valence-corrected chi connectivity index (χ2v) is 6.18. The number of thiophene rings is 1. The third kappa shape index (κ3) is 3.66. The Bertz CT molecular complexity index is 558. The molecule has 5 heteroatoms. The molecule has 0 amide bonds. The van der Waals surface area contributed by atoms with Crippen LogP contribution in [0.1, 0.15) is 24.3 Å². The minimum atomic E-state index is -0.204. The molecule has 0 spiro atoms. The van der Waals surface area contributed by atoms with Crippen molar-refractivity contribution in [2.75, 3.05) is 7.11 Å². The summed E-state index contributed by atoms with van der Waals surface area (Å²) in [4.78, 5) is 1.03. The molecule has 0 aliphatic rings. The normalized spacial score (nSPS) is 13.8. The van der Waals surface area contributed by atoms with Crippen LogP contribution in [0.2, 0.25) is 4.34 Å². The van der Waals surface area contributed by atoms with Crippen molar-refractivity contribution in [1.82, 2.24) is 0 Å². The first-order chi connectivity index (χ1) is 9.63. The van der Waals surface area contributed by atoms with Gasteiger partial charge in [0.1, 0.15) is 17.6 Å². The summed E-state index contributed by atoms with van der Waals surface area (Å²) in [6.07, 6.45) is 0.619. The molecule has 0 fully saturated rings. The van der Waals surface area contributed by atoms with Crippen LogP contribution in [0.15, 0.2) is 36.4 Å². The molecule has 0 aliphatic heterocycles. The van der Waals surface area contributed by atoms with Gasteiger partial charge in [-0.2, -0.15) is 0 Å². The molecule has 2 aromatic rings. The Kier molecular flexibility index (Phi) is 5.29. The fourth-order valence-electron chi connectivity index (χ4n) is 1.87. The average Bonchev–Trinajstić information content (AvgIpc) is 2.90. The zero-order valence-electron chi connectivity index (χ0n) is 11.5. The fourth-order valence-corrected chi connectivity index (χ4v) is 3.04. The minimum Gasteiger partial charge on any atom is -0.497 e. The number of methoxy groups -OCH3 is 1. The molecule has 0 saturated heterocycles. The number of ether oxygens (including phenoxy) is 2. The molecule has 0 saturated carbocycles. The van der Waals surface area contributed by atoms with Gasteiger partial charge in [-0.25, -0.2) is 0 Å². The summed E-state index contributed by atoms with van der Waals surface area (Å²) < 4.78 is 12.0. The van der Waals surface area contributed by atoms with Crippen molar-refractivity contribution < 1.29 is 9.47 Å². The standard InChI is InChI=1S/C15H18ClNO2S/c1-3-12(17)15(13-7-8-14(16)20-13)19-11-6-4-5-10(9-11)18-2/h4-9,12,15H,3,17H2,1-2H3. The largest absolute Gasteiger partial charge is 0.497 e. The summed E-state index contributed by atoms with van der Waals surface area (Å²) in [5.41, 5.74) is 6.18. The smallest absolute Gasteiger partial charge is 0.148 e. The summed E-state index contributed by atoms with van der Waals surface area (Å²) >= 11 is 7.50. The van der Waals surface area contributed by atoms with Crippen molar-refractivity contribution >= 4 is 22.9 Å². The molecule has 2 atom stereocenters. The molecule has 108 valence electrons. The quantitative estimate of drug-likeness (QED) is 0.866. The van der Waals surface area contributed by atoms with E-state index >= 15 is 0 Å². The second kappa shape index (κ2) is 6.97. The lowest BCUT2D eigenvalue weighted by atomic mass is 10.1. The van der Waals surface area contributed by atoms with Gasteiger partial charge in [0.25, 0.3) is 0 Å². The van der Waals surface area contributed by atoms with Gasteiger partial charge < -0.3 is 15.2 Å². The molecule has 1 heterocycles. The first kappa shape index (κ1) is 15.2. The maximum Gasteiger partial charge on any atom is 0.148 e. The molecule has 0 radical (unpaired) electrons. The van der Waals surface area contributed by atoms with Gasteiger partial charge in [0, 0.05) is 17.0 Å². The summed E-state index contributed by atoms with van der Waals surface area (Å²) in [5, 5.41) is 0. The third-order valence-corrected chi connectivity index (χ3v) is 4.33. The van der Waals surface area contributed by atoms with Gasteiger partial charge in [-0.1, -0.05) is 24.6 Å². The Balaban J connectivity index is 2.23. The molecule has 1 aromatic carbocycles. The van der Waals surface area contributed by atoms with Crippen LogP contribution in [0.5, 0.6) is 11.5 Å². The van der Waals surface area contributed by atoms with Crippen LogP contribution in [-0.2, 0) is 0 Å². The van der Waals surface area contributed by atoms with Crippen LogP contribution in [0, 0.1) is 0 Å². The van der Waals surface area contributed by atoms with E-state index in [4.69, 9.17) is 26.8 Å². The second-order valence-electron chi connectivity index (χ2n) is 4.43. The fraction of sp³-hybridized carbons (Fsp3) is 0.333. The van der Waals surface area contributed by atoms with Crippen molar-refractivity contribution in [3.63, 3.8) is 0 Å². The van der Waals surface area contributed by atoms with E-state index in [1.54, 1.807) is 7.11 Å². The molecular formula is C15H18ClNO2S. The van der Waals surface area contributed by atoms with Gasteiger partial charge in [-0.05, 0) is 30.7 Å². The zero-order chi connectivity index (χ0) is 14.5. The van der Waals surface area contributed by atoms with Gasteiger partial charge in [-0.15, -0.1) is 11.3 Å². The number of halogens is 1. The van der Waals surface area contributed by atoms with E-state index in [2.05, 4.69) is 0 Å². The molecule has 1 aromatic heterocycles. The Morgan fingerprint density at radius 3 is 2.60 bits per heavy atom. The Morgan fingerprint density at radius 2 is 2.00 bits per heavy atom. The van der Waals surface area contributed by atoms with E-state index in [9.17, 15) is 0 Å². The first-order valence-corrected chi connectivity index (χ1v) is 7.65. The highest BCUT2D eigenvalue weighted by Crippen LogP contribution is 2.33. The highest BCUT2D eigenvalue weighted by molar-refractivity contribution is 7.16. The summed E-state index contributed by atoms with van der Waals surface area (Å²) in [6.45, 7) is 2.04. The zero-order valence-corrected chi connectivity index (χ0v) is 13.1. The molecule has 2 N–H and O–H groups in total. The van der Waals surface area contributed by atoms with Gasteiger partial charge in [0.2, 0.25) is 0 Å². The summed E-state index contributed by atoms with van der Waals surface area (Å²) in [5.74, 6) is 1.50. The van der Waals surface area contributed by atoms with Crippen molar-refractivity contribution in [1.29, 1.82) is 0 Å². The van der Waals surface area contributed by atoms with Gasteiger partial charge in [0.15, 0.2) is 0 Å². The molecule has 20 heavy (non-hydrogen) atoms. The average molecular weight is 312 g/mol. The van der Waals surface area contributed by atoms with Gasteiger partial charge in [0.05, 0.1) is 11.4 Å². The number of benzene rings is 1. The summed E-state index contributed by atoms with van der Waals surface area (Å²) in [7, 11) is 1.63. The van der Waals surface area contributed by atoms with E-state index in [1.807, 2.05) is 43.3 Å². The van der Waals surface area contributed by atoms with Crippen LogP contribution >= 0.6 is 22.9 Å². The molecular weight excluding hydrogens is 294 g/mol. The maximum absolute atomic E-state index is 6.18. The van der Waals surface area contributed by atoms with E-state index in [-0.39, 0.29) is 12.1 Å². The number of nitrogens with two attached hydrogens (primary N) is 1. The van der Waals surface area contributed by atoms with Crippen molar-refractivity contribution in [2.45, 2.75) is 25.5 Å². The predicted molar refractivity (Wildman–Crippen MR) is 84.0 cm³/mol.